The SMILES string of the molecule is COc1cc(F)c(S(=O)(=O)Nc2cccc(-c3cn(C)c4ncnc(N)c34)c2C)cc1Cl. The van der Waals surface area contributed by atoms with E-state index in [0.717, 1.165) is 23.3 Å². The molecular weight excluding hydrogens is 457 g/mol. The van der Waals surface area contributed by atoms with Crippen LogP contribution in [0.4, 0.5) is 15.9 Å². The number of nitrogens with zero attached hydrogens (tertiary/aromatic N) is 3. The third-order valence-corrected chi connectivity index (χ3v) is 6.82. The lowest BCUT2D eigenvalue weighted by atomic mass is 9.99. The molecule has 0 atom stereocenters. The monoisotopic (exact) mass is 475 g/mol. The maximum absolute atomic E-state index is 14.5. The minimum Gasteiger partial charge on any atom is -0.495 e. The number of fused-ring (bicyclic) bond motifs is 1. The van der Waals surface area contributed by atoms with Crippen LogP contribution < -0.4 is 15.2 Å². The minimum atomic E-state index is -4.28. The van der Waals surface area contributed by atoms with Gasteiger partial charge in [-0.1, -0.05) is 23.7 Å². The van der Waals surface area contributed by atoms with Gasteiger partial charge in [-0.3, -0.25) is 4.72 Å². The molecule has 0 amide bonds. The van der Waals surface area contributed by atoms with Crippen molar-refractivity contribution in [1.82, 2.24) is 14.5 Å². The van der Waals surface area contributed by atoms with Crippen molar-refractivity contribution in [2.24, 2.45) is 7.05 Å². The molecule has 0 unspecified atom stereocenters. The molecule has 11 heteroatoms. The van der Waals surface area contributed by atoms with Gasteiger partial charge in [0.2, 0.25) is 0 Å². The van der Waals surface area contributed by atoms with E-state index < -0.39 is 20.7 Å². The Labute approximate surface area is 188 Å². The Hall–Kier alpha value is -3.37. The van der Waals surface area contributed by atoms with Gasteiger partial charge in [-0.15, -0.1) is 0 Å². The first-order valence-electron chi connectivity index (χ1n) is 9.35. The predicted molar refractivity (Wildman–Crippen MR) is 122 cm³/mol. The van der Waals surface area contributed by atoms with Gasteiger partial charge in [0.15, 0.2) is 0 Å². The van der Waals surface area contributed by atoms with Gasteiger partial charge in [0, 0.05) is 24.9 Å². The molecule has 4 aromatic rings. The first-order valence-corrected chi connectivity index (χ1v) is 11.2. The number of sulfonamides is 1. The second-order valence-corrected chi connectivity index (χ2v) is 9.17. The average Bonchev–Trinajstić information content (AvgIpc) is 3.08. The second-order valence-electron chi connectivity index (χ2n) is 7.11. The molecule has 0 saturated carbocycles. The molecule has 3 N–H and O–H groups in total. The van der Waals surface area contributed by atoms with E-state index in [1.165, 1.54) is 13.4 Å². The Morgan fingerprint density at radius 2 is 1.97 bits per heavy atom. The molecule has 2 heterocycles. The van der Waals surface area contributed by atoms with Crippen LogP contribution in [0.2, 0.25) is 5.02 Å². The number of halogens is 2. The average molecular weight is 476 g/mol. The highest BCUT2D eigenvalue weighted by atomic mass is 35.5. The number of hydrogen-bond donors (Lipinski definition) is 2. The third kappa shape index (κ3) is 3.61. The van der Waals surface area contributed by atoms with Crippen LogP contribution in [-0.4, -0.2) is 30.1 Å². The molecule has 0 aliphatic heterocycles. The summed E-state index contributed by atoms with van der Waals surface area (Å²) in [5, 5.41) is 0.636. The van der Waals surface area contributed by atoms with E-state index in [4.69, 9.17) is 22.1 Å². The number of aromatic nitrogens is 3. The van der Waals surface area contributed by atoms with Crippen molar-refractivity contribution in [2.75, 3.05) is 17.6 Å². The molecule has 4 rings (SSSR count). The van der Waals surface area contributed by atoms with Crippen molar-refractivity contribution in [3.8, 4) is 16.9 Å². The summed E-state index contributed by atoms with van der Waals surface area (Å²) in [7, 11) is -1.14. The van der Waals surface area contributed by atoms with Crippen LogP contribution in [-0.2, 0) is 17.1 Å². The number of aryl methyl sites for hydroxylation is 1. The molecule has 8 nitrogen and oxygen atoms in total. The Balaban J connectivity index is 1.81. The van der Waals surface area contributed by atoms with Gasteiger partial charge < -0.3 is 15.0 Å². The molecule has 2 aromatic carbocycles. The summed E-state index contributed by atoms with van der Waals surface area (Å²) in [5.41, 5.74) is 9.11. The van der Waals surface area contributed by atoms with E-state index in [1.54, 1.807) is 19.1 Å². The Morgan fingerprint density at radius 1 is 1.22 bits per heavy atom. The highest BCUT2D eigenvalue weighted by molar-refractivity contribution is 7.92. The zero-order valence-electron chi connectivity index (χ0n) is 17.3. The summed E-state index contributed by atoms with van der Waals surface area (Å²) in [6, 6.07) is 7.05. The van der Waals surface area contributed by atoms with E-state index in [1.807, 2.05) is 23.9 Å². The summed E-state index contributed by atoms with van der Waals surface area (Å²) >= 11 is 6.01. The van der Waals surface area contributed by atoms with Gasteiger partial charge in [0.25, 0.3) is 10.0 Å². The molecule has 0 aliphatic rings. The van der Waals surface area contributed by atoms with Crippen molar-refractivity contribution in [1.29, 1.82) is 0 Å². The fourth-order valence-electron chi connectivity index (χ4n) is 3.55. The highest BCUT2D eigenvalue weighted by Crippen LogP contribution is 2.37. The zero-order valence-corrected chi connectivity index (χ0v) is 18.9. The molecular formula is C21H19ClFN5O3S. The quantitative estimate of drug-likeness (QED) is 0.449. The van der Waals surface area contributed by atoms with Gasteiger partial charge in [-0.05, 0) is 30.2 Å². The van der Waals surface area contributed by atoms with Crippen LogP contribution in [0, 0.1) is 12.7 Å². The minimum absolute atomic E-state index is 0.0222. The largest absolute Gasteiger partial charge is 0.495 e. The van der Waals surface area contributed by atoms with Gasteiger partial charge >= 0.3 is 0 Å². The van der Waals surface area contributed by atoms with E-state index in [0.29, 0.717) is 22.4 Å². The fourth-order valence-corrected chi connectivity index (χ4v) is 5.06. The Kier molecular flexibility index (Phi) is 5.43. The molecule has 0 saturated heterocycles. The number of rotatable bonds is 5. The van der Waals surface area contributed by atoms with Gasteiger partial charge in [0.1, 0.15) is 34.3 Å². The topological polar surface area (TPSA) is 112 Å². The van der Waals surface area contributed by atoms with E-state index in [2.05, 4.69) is 14.7 Å². The van der Waals surface area contributed by atoms with Gasteiger partial charge in [-0.25, -0.2) is 22.8 Å². The van der Waals surface area contributed by atoms with Crippen molar-refractivity contribution in [2.45, 2.75) is 11.8 Å². The zero-order chi connectivity index (χ0) is 23.2. The number of hydrogen-bond acceptors (Lipinski definition) is 6. The molecule has 0 bridgehead atoms. The van der Waals surface area contributed by atoms with Crippen LogP contribution in [0.1, 0.15) is 5.56 Å². The molecule has 0 spiro atoms. The maximum Gasteiger partial charge on any atom is 0.264 e. The smallest absolute Gasteiger partial charge is 0.264 e. The Morgan fingerprint density at radius 3 is 2.69 bits per heavy atom. The number of anilines is 2. The highest BCUT2D eigenvalue weighted by Gasteiger charge is 2.24. The summed E-state index contributed by atoms with van der Waals surface area (Å²) in [4.78, 5) is 7.75. The molecule has 0 fully saturated rings. The standard InChI is InChI=1S/C21H19ClFN5O3S/c1-11-12(13-9-28(2)21-19(13)20(24)25-10-26-21)5-4-6-16(11)27-32(29,30)18-7-14(22)17(31-3)8-15(18)23/h4-10,27H,1-3H3,(H2,24,25,26). The fraction of sp³-hybridized carbons (Fsp3) is 0.143. The molecule has 0 radical (unpaired) electrons. The number of ether oxygens (including phenoxy) is 1. The van der Waals surface area contributed by atoms with E-state index >= 15 is 0 Å². The lowest BCUT2D eigenvalue weighted by Crippen LogP contribution is -2.15. The lowest BCUT2D eigenvalue weighted by molar-refractivity contribution is 0.410. The number of nitrogens with one attached hydrogen (secondary N) is 1. The predicted octanol–water partition coefficient (Wildman–Crippen LogP) is 4.13. The van der Waals surface area contributed by atoms with Crippen molar-refractivity contribution in [3.05, 3.63) is 59.3 Å². The number of methoxy groups -OCH3 is 1. The first kappa shape index (κ1) is 21.8. The Bertz CT molecular complexity index is 1470. The number of benzene rings is 2. The van der Waals surface area contributed by atoms with E-state index in [-0.39, 0.29) is 16.5 Å². The summed E-state index contributed by atoms with van der Waals surface area (Å²) in [6.07, 6.45) is 3.23. The summed E-state index contributed by atoms with van der Waals surface area (Å²) < 4.78 is 49.6. The maximum atomic E-state index is 14.5. The third-order valence-electron chi connectivity index (χ3n) is 5.15. The van der Waals surface area contributed by atoms with Crippen molar-refractivity contribution < 1.29 is 17.5 Å². The molecule has 166 valence electrons. The normalized spacial score (nSPS) is 11.7. The van der Waals surface area contributed by atoms with Gasteiger partial charge in [0.05, 0.1) is 23.2 Å². The number of nitrogen functional groups attached to an aromatic ring is 1. The van der Waals surface area contributed by atoms with Gasteiger partial charge in [-0.2, -0.15) is 0 Å². The molecule has 32 heavy (non-hydrogen) atoms. The molecule has 2 aromatic heterocycles. The molecule has 0 aliphatic carbocycles. The van der Waals surface area contributed by atoms with Crippen molar-refractivity contribution in [3.63, 3.8) is 0 Å². The van der Waals surface area contributed by atoms with Crippen LogP contribution in [0.5, 0.6) is 5.75 Å². The second kappa shape index (κ2) is 7.95. The number of nitrogens with two attached hydrogens (primary N) is 1. The summed E-state index contributed by atoms with van der Waals surface area (Å²) in [5.74, 6) is -0.630. The van der Waals surface area contributed by atoms with Crippen molar-refractivity contribution >= 4 is 44.2 Å². The van der Waals surface area contributed by atoms with Crippen LogP contribution in [0.25, 0.3) is 22.2 Å². The van der Waals surface area contributed by atoms with Crippen LogP contribution in [0.3, 0.4) is 0 Å². The summed E-state index contributed by atoms with van der Waals surface area (Å²) in [6.45, 7) is 1.75. The van der Waals surface area contributed by atoms with Crippen LogP contribution in [0.15, 0.2) is 47.8 Å². The lowest BCUT2D eigenvalue weighted by Gasteiger charge is -2.15. The van der Waals surface area contributed by atoms with Crippen LogP contribution >= 0.6 is 11.6 Å². The van der Waals surface area contributed by atoms with E-state index in [9.17, 15) is 12.8 Å². The first-order chi connectivity index (χ1) is 15.1.